The molecule has 2 N–H and O–H groups in total. The average molecular weight is 366 g/mol. The minimum atomic E-state index is 0. The highest BCUT2D eigenvalue weighted by atomic mass is 35.5. The number of likely N-dealkylation sites (tertiary alicyclic amines) is 1. The van der Waals surface area contributed by atoms with E-state index in [1.54, 1.807) is 0 Å². The van der Waals surface area contributed by atoms with Crippen LogP contribution < -0.4 is 5.73 Å². The normalized spacial score (nSPS) is 21.2. The molecule has 3 rings (SSSR count). The Balaban J connectivity index is 0.00000208. The molecular weight excluding hydrogens is 338 g/mol. The number of nitrogens with two attached hydrogens (primary N) is 1. The minimum Gasteiger partial charge on any atom is -0.330 e. The second-order valence-corrected chi connectivity index (χ2v) is 8.23. The van der Waals surface area contributed by atoms with Gasteiger partial charge in [-0.25, -0.2) is 4.98 Å². The van der Waals surface area contributed by atoms with Crippen molar-refractivity contribution in [2.45, 2.75) is 32.7 Å². The Bertz CT molecular complexity index is 614. The summed E-state index contributed by atoms with van der Waals surface area (Å²) in [6, 6.07) is 10.8. The maximum atomic E-state index is 6.04. The van der Waals surface area contributed by atoms with Gasteiger partial charge in [-0.3, -0.25) is 4.90 Å². The molecule has 1 aromatic carbocycles. The molecule has 0 saturated carbocycles. The van der Waals surface area contributed by atoms with Gasteiger partial charge in [0.25, 0.3) is 0 Å². The van der Waals surface area contributed by atoms with Gasteiger partial charge in [0.2, 0.25) is 0 Å². The first-order valence-corrected chi connectivity index (χ1v) is 9.38. The van der Waals surface area contributed by atoms with Crippen LogP contribution in [0.5, 0.6) is 0 Å². The molecule has 5 heteroatoms. The lowest BCUT2D eigenvalue weighted by Gasteiger charge is -2.16. The largest absolute Gasteiger partial charge is 0.330 e. The molecule has 0 bridgehead atoms. The highest BCUT2D eigenvalue weighted by Crippen LogP contribution is 2.33. The van der Waals surface area contributed by atoms with Crippen LogP contribution in [-0.2, 0) is 13.0 Å². The first-order valence-electron chi connectivity index (χ1n) is 8.56. The SMILES string of the molecule is CC(C)Cc1ncc(CN2C[C@@H](CN)[C@H](c3ccccc3)C2)s1.Cl. The van der Waals surface area contributed by atoms with Crippen molar-refractivity contribution in [2.75, 3.05) is 19.6 Å². The third kappa shape index (κ3) is 4.79. The first kappa shape index (κ1) is 19.4. The number of rotatable bonds is 6. The van der Waals surface area contributed by atoms with Crippen molar-refractivity contribution in [3.8, 4) is 0 Å². The van der Waals surface area contributed by atoms with Gasteiger partial charge in [-0.15, -0.1) is 23.7 Å². The van der Waals surface area contributed by atoms with Crippen molar-refractivity contribution in [3.05, 3.63) is 52.0 Å². The number of benzene rings is 1. The van der Waals surface area contributed by atoms with Crippen LogP contribution in [0.25, 0.3) is 0 Å². The standard InChI is InChI=1S/C19H27N3S.ClH/c1-14(2)8-19-21-10-17(23-19)12-22-11-16(9-20)18(13-22)15-6-4-3-5-7-15;/h3-7,10,14,16,18H,8-9,11-13,20H2,1-2H3;1H/t16-,18+;/m1./s1. The molecule has 1 aromatic heterocycles. The molecule has 0 unspecified atom stereocenters. The van der Waals surface area contributed by atoms with E-state index in [-0.39, 0.29) is 12.4 Å². The molecule has 2 heterocycles. The topological polar surface area (TPSA) is 42.2 Å². The summed E-state index contributed by atoms with van der Waals surface area (Å²) in [5.41, 5.74) is 7.47. The molecule has 1 aliphatic heterocycles. The Morgan fingerprint density at radius 1 is 1.25 bits per heavy atom. The van der Waals surface area contributed by atoms with Crippen LogP contribution in [0.2, 0.25) is 0 Å². The summed E-state index contributed by atoms with van der Waals surface area (Å²) in [6.07, 6.45) is 3.15. The molecule has 2 aromatic rings. The third-order valence-corrected chi connectivity index (χ3v) is 5.62. The van der Waals surface area contributed by atoms with Crippen molar-refractivity contribution >= 4 is 23.7 Å². The maximum absolute atomic E-state index is 6.04. The van der Waals surface area contributed by atoms with Gasteiger partial charge >= 0.3 is 0 Å². The summed E-state index contributed by atoms with van der Waals surface area (Å²) in [5, 5.41) is 1.27. The molecule has 1 aliphatic rings. The van der Waals surface area contributed by atoms with Crippen LogP contribution in [0.1, 0.15) is 35.2 Å². The molecular formula is C19H28ClN3S. The number of thiazole rings is 1. The van der Waals surface area contributed by atoms with E-state index in [2.05, 4.69) is 60.3 Å². The Labute approximate surface area is 155 Å². The maximum Gasteiger partial charge on any atom is 0.0930 e. The number of halogens is 1. The van der Waals surface area contributed by atoms with Crippen molar-refractivity contribution in [1.82, 2.24) is 9.88 Å². The minimum absolute atomic E-state index is 0. The smallest absolute Gasteiger partial charge is 0.0930 e. The molecule has 132 valence electrons. The van der Waals surface area contributed by atoms with Crippen LogP contribution in [0, 0.1) is 11.8 Å². The Hall–Kier alpha value is -0.940. The van der Waals surface area contributed by atoms with Crippen LogP contribution in [-0.4, -0.2) is 29.5 Å². The molecule has 0 amide bonds. The summed E-state index contributed by atoms with van der Waals surface area (Å²) < 4.78 is 0. The third-order valence-electron chi connectivity index (χ3n) is 4.61. The Kier molecular flexibility index (Phi) is 7.23. The molecule has 0 radical (unpaired) electrons. The Morgan fingerprint density at radius 2 is 2.00 bits per heavy atom. The molecule has 2 atom stereocenters. The summed E-state index contributed by atoms with van der Waals surface area (Å²) in [5.74, 6) is 1.79. The van der Waals surface area contributed by atoms with Gasteiger partial charge in [0.15, 0.2) is 0 Å². The zero-order valence-electron chi connectivity index (χ0n) is 14.5. The molecule has 0 spiro atoms. The van der Waals surface area contributed by atoms with E-state index in [1.807, 2.05) is 11.3 Å². The predicted molar refractivity (Wildman–Crippen MR) is 105 cm³/mol. The lowest BCUT2D eigenvalue weighted by atomic mass is 9.89. The fourth-order valence-electron chi connectivity index (χ4n) is 3.49. The van der Waals surface area contributed by atoms with E-state index >= 15 is 0 Å². The van der Waals surface area contributed by atoms with Gasteiger partial charge in [-0.2, -0.15) is 0 Å². The van der Waals surface area contributed by atoms with Gasteiger partial charge in [0.05, 0.1) is 5.01 Å². The monoisotopic (exact) mass is 365 g/mol. The van der Waals surface area contributed by atoms with E-state index in [0.29, 0.717) is 17.8 Å². The van der Waals surface area contributed by atoms with E-state index in [1.165, 1.54) is 15.4 Å². The van der Waals surface area contributed by atoms with E-state index in [0.717, 1.165) is 32.6 Å². The summed E-state index contributed by atoms with van der Waals surface area (Å²) in [4.78, 5) is 8.51. The zero-order chi connectivity index (χ0) is 16.2. The number of hydrogen-bond acceptors (Lipinski definition) is 4. The lowest BCUT2D eigenvalue weighted by Crippen LogP contribution is -2.22. The van der Waals surface area contributed by atoms with E-state index < -0.39 is 0 Å². The number of hydrogen-bond donors (Lipinski definition) is 1. The van der Waals surface area contributed by atoms with Crippen LogP contribution in [0.3, 0.4) is 0 Å². The highest BCUT2D eigenvalue weighted by molar-refractivity contribution is 7.11. The van der Waals surface area contributed by atoms with E-state index in [9.17, 15) is 0 Å². The van der Waals surface area contributed by atoms with Crippen LogP contribution in [0.4, 0.5) is 0 Å². The van der Waals surface area contributed by atoms with E-state index in [4.69, 9.17) is 5.73 Å². The zero-order valence-corrected chi connectivity index (χ0v) is 16.2. The van der Waals surface area contributed by atoms with Gasteiger partial charge in [-0.05, 0) is 23.9 Å². The molecule has 1 saturated heterocycles. The van der Waals surface area contributed by atoms with Gasteiger partial charge < -0.3 is 5.73 Å². The lowest BCUT2D eigenvalue weighted by molar-refractivity contribution is 0.319. The summed E-state index contributed by atoms with van der Waals surface area (Å²) in [7, 11) is 0. The summed E-state index contributed by atoms with van der Waals surface area (Å²) >= 11 is 1.87. The fraction of sp³-hybridized carbons (Fsp3) is 0.526. The van der Waals surface area contributed by atoms with Crippen molar-refractivity contribution in [2.24, 2.45) is 17.6 Å². The molecule has 24 heavy (non-hydrogen) atoms. The fourth-order valence-corrected chi connectivity index (χ4v) is 4.67. The molecule has 3 nitrogen and oxygen atoms in total. The second-order valence-electron chi connectivity index (χ2n) is 7.03. The van der Waals surface area contributed by atoms with Crippen LogP contribution >= 0.6 is 23.7 Å². The second kappa shape index (κ2) is 8.95. The Morgan fingerprint density at radius 3 is 2.67 bits per heavy atom. The quantitative estimate of drug-likeness (QED) is 0.843. The summed E-state index contributed by atoms with van der Waals surface area (Å²) in [6.45, 7) is 8.46. The molecule has 0 aliphatic carbocycles. The highest BCUT2D eigenvalue weighted by Gasteiger charge is 2.32. The van der Waals surface area contributed by atoms with Crippen molar-refractivity contribution in [1.29, 1.82) is 0 Å². The average Bonchev–Trinajstić information content (AvgIpc) is 3.14. The number of nitrogens with zero attached hydrogens (tertiary/aromatic N) is 2. The van der Waals surface area contributed by atoms with Gasteiger partial charge in [-0.1, -0.05) is 44.2 Å². The predicted octanol–water partition coefficient (Wildman–Crippen LogP) is 3.94. The molecule has 1 fully saturated rings. The van der Waals surface area contributed by atoms with Gasteiger partial charge in [0, 0.05) is 43.0 Å². The first-order chi connectivity index (χ1) is 11.2. The van der Waals surface area contributed by atoms with Gasteiger partial charge in [0.1, 0.15) is 0 Å². The van der Waals surface area contributed by atoms with Crippen molar-refractivity contribution < 1.29 is 0 Å². The van der Waals surface area contributed by atoms with Crippen molar-refractivity contribution in [3.63, 3.8) is 0 Å². The number of aromatic nitrogens is 1. The van der Waals surface area contributed by atoms with Crippen LogP contribution in [0.15, 0.2) is 36.5 Å².